The molecule has 0 fully saturated rings. The van der Waals surface area contributed by atoms with Crippen LogP contribution < -0.4 is 5.32 Å². The lowest BCUT2D eigenvalue weighted by molar-refractivity contribution is 0.475. The van der Waals surface area contributed by atoms with E-state index < -0.39 is 0 Å². The Bertz CT molecular complexity index is 782. The summed E-state index contributed by atoms with van der Waals surface area (Å²) in [5.41, 5.74) is 1.24. The molecule has 0 saturated carbocycles. The Morgan fingerprint density at radius 1 is 1.24 bits per heavy atom. The van der Waals surface area contributed by atoms with Crippen molar-refractivity contribution in [2.45, 2.75) is 6.04 Å². The number of hydrogen-bond donors (Lipinski definition) is 1. The minimum absolute atomic E-state index is 0.290. The van der Waals surface area contributed by atoms with Gasteiger partial charge in [-0.25, -0.2) is 4.39 Å². The fourth-order valence-corrected chi connectivity index (χ4v) is 3.14. The Kier molecular flexibility index (Phi) is 4.02. The Morgan fingerprint density at radius 2 is 2.05 bits per heavy atom. The predicted octanol–water partition coefficient (Wildman–Crippen LogP) is 5.30. The molecule has 0 saturated heterocycles. The first-order valence-corrected chi connectivity index (χ1v) is 7.57. The largest absolute Gasteiger partial charge is 0.459 e. The number of benzene rings is 2. The summed E-state index contributed by atoms with van der Waals surface area (Å²) in [7, 11) is 1.77. The molecule has 1 heterocycles. The van der Waals surface area contributed by atoms with E-state index in [4.69, 9.17) is 16.0 Å². The van der Waals surface area contributed by atoms with E-state index in [1.807, 2.05) is 24.3 Å². The molecule has 1 aromatic heterocycles. The maximum absolute atomic E-state index is 14.2. The lowest BCUT2D eigenvalue weighted by Gasteiger charge is -2.16. The Labute approximate surface area is 135 Å². The fourth-order valence-electron chi connectivity index (χ4n) is 2.39. The van der Waals surface area contributed by atoms with Gasteiger partial charge in [-0.2, -0.15) is 0 Å². The van der Waals surface area contributed by atoms with E-state index in [0.29, 0.717) is 20.8 Å². The molecule has 2 aromatic carbocycles. The molecule has 0 aliphatic rings. The van der Waals surface area contributed by atoms with Crippen LogP contribution in [0.25, 0.3) is 11.0 Å². The summed E-state index contributed by atoms with van der Waals surface area (Å²) in [6.07, 6.45) is 0. The van der Waals surface area contributed by atoms with Gasteiger partial charge in [-0.3, -0.25) is 0 Å². The Balaban J connectivity index is 2.14. The molecule has 0 aliphatic carbocycles. The summed E-state index contributed by atoms with van der Waals surface area (Å²) in [5.74, 6) is 0.350. The van der Waals surface area contributed by atoms with Gasteiger partial charge in [0.15, 0.2) is 0 Å². The molecule has 0 amide bonds. The van der Waals surface area contributed by atoms with Crippen LogP contribution in [0.2, 0.25) is 5.02 Å². The van der Waals surface area contributed by atoms with E-state index in [9.17, 15) is 4.39 Å². The molecule has 0 aliphatic heterocycles. The van der Waals surface area contributed by atoms with Crippen LogP contribution in [0.1, 0.15) is 17.4 Å². The second-order valence-corrected chi connectivity index (χ2v) is 5.98. The van der Waals surface area contributed by atoms with Crippen LogP contribution in [0.5, 0.6) is 0 Å². The van der Waals surface area contributed by atoms with Crippen molar-refractivity contribution in [3.63, 3.8) is 0 Å². The molecule has 3 rings (SSSR count). The first-order valence-electron chi connectivity index (χ1n) is 6.40. The molecule has 0 radical (unpaired) electrons. The van der Waals surface area contributed by atoms with Crippen LogP contribution in [-0.4, -0.2) is 7.05 Å². The summed E-state index contributed by atoms with van der Waals surface area (Å²) in [6, 6.07) is 11.8. The number of furan rings is 1. The zero-order valence-electron chi connectivity index (χ0n) is 11.2. The van der Waals surface area contributed by atoms with Crippen LogP contribution >= 0.6 is 27.5 Å². The molecule has 5 heteroatoms. The zero-order valence-corrected chi connectivity index (χ0v) is 13.5. The van der Waals surface area contributed by atoms with Crippen LogP contribution in [-0.2, 0) is 0 Å². The van der Waals surface area contributed by atoms with Crippen LogP contribution in [0.3, 0.4) is 0 Å². The topological polar surface area (TPSA) is 25.2 Å². The van der Waals surface area contributed by atoms with Crippen molar-refractivity contribution < 1.29 is 8.81 Å². The van der Waals surface area contributed by atoms with E-state index in [2.05, 4.69) is 21.2 Å². The number of fused-ring (bicyclic) bond motifs is 1. The van der Waals surface area contributed by atoms with E-state index in [1.165, 1.54) is 6.07 Å². The van der Waals surface area contributed by atoms with Gasteiger partial charge in [0.1, 0.15) is 17.2 Å². The van der Waals surface area contributed by atoms with Crippen molar-refractivity contribution in [3.05, 3.63) is 69.1 Å². The second-order valence-electron chi connectivity index (χ2n) is 4.69. The molecule has 1 atom stereocenters. The zero-order chi connectivity index (χ0) is 15.0. The quantitative estimate of drug-likeness (QED) is 0.679. The number of rotatable bonds is 3. The lowest BCUT2D eigenvalue weighted by Crippen LogP contribution is -2.18. The molecule has 0 spiro atoms. The van der Waals surface area contributed by atoms with E-state index >= 15 is 0 Å². The molecule has 1 unspecified atom stereocenters. The highest BCUT2D eigenvalue weighted by atomic mass is 79.9. The maximum atomic E-state index is 14.2. The van der Waals surface area contributed by atoms with Crippen molar-refractivity contribution in [2.24, 2.45) is 0 Å². The minimum atomic E-state index is -0.383. The van der Waals surface area contributed by atoms with Crippen molar-refractivity contribution >= 4 is 38.5 Å². The van der Waals surface area contributed by atoms with Crippen molar-refractivity contribution in [1.29, 1.82) is 0 Å². The summed E-state index contributed by atoms with van der Waals surface area (Å²) in [5, 5.41) is 4.63. The summed E-state index contributed by atoms with van der Waals surface area (Å²) in [4.78, 5) is 0. The number of hydrogen-bond acceptors (Lipinski definition) is 2. The lowest BCUT2D eigenvalue weighted by atomic mass is 10.0. The highest BCUT2D eigenvalue weighted by molar-refractivity contribution is 9.10. The van der Waals surface area contributed by atoms with Gasteiger partial charge in [-0.05, 0) is 43.4 Å². The third-order valence-electron chi connectivity index (χ3n) is 3.36. The van der Waals surface area contributed by atoms with E-state index in [-0.39, 0.29) is 11.9 Å². The normalized spacial score (nSPS) is 12.8. The number of nitrogens with one attached hydrogen (secondary N) is 1. The smallest absolute Gasteiger partial charge is 0.134 e. The molecular formula is C16H12BrClFNO. The highest BCUT2D eigenvalue weighted by Crippen LogP contribution is 2.34. The minimum Gasteiger partial charge on any atom is -0.459 e. The van der Waals surface area contributed by atoms with Gasteiger partial charge in [0.05, 0.1) is 6.04 Å². The predicted molar refractivity (Wildman–Crippen MR) is 86.2 cm³/mol. The van der Waals surface area contributed by atoms with Crippen molar-refractivity contribution in [1.82, 2.24) is 5.32 Å². The summed E-state index contributed by atoms with van der Waals surface area (Å²) < 4.78 is 20.7. The monoisotopic (exact) mass is 367 g/mol. The fraction of sp³-hybridized carbons (Fsp3) is 0.125. The molecule has 1 N–H and O–H groups in total. The molecule has 108 valence electrons. The molecule has 3 aromatic rings. The summed E-state index contributed by atoms with van der Waals surface area (Å²) in [6.45, 7) is 0. The van der Waals surface area contributed by atoms with Crippen molar-refractivity contribution in [2.75, 3.05) is 7.05 Å². The third kappa shape index (κ3) is 2.71. The van der Waals surface area contributed by atoms with Crippen LogP contribution in [0, 0.1) is 5.82 Å². The molecule has 0 bridgehead atoms. The van der Waals surface area contributed by atoms with Crippen LogP contribution in [0.4, 0.5) is 4.39 Å². The highest BCUT2D eigenvalue weighted by Gasteiger charge is 2.22. The standard InChI is InChI=1S/C16H12BrClFNO/c1-20-16(15-11(17)3-2-4-12(15)19)14-8-9-7-10(18)5-6-13(9)21-14/h2-8,16,20H,1H3. The number of halogens is 3. The van der Waals surface area contributed by atoms with Gasteiger partial charge < -0.3 is 9.73 Å². The SMILES string of the molecule is CNC(c1cc2cc(Cl)ccc2o1)c1c(F)cccc1Br. The van der Waals surface area contributed by atoms with Gasteiger partial charge in [-0.1, -0.05) is 33.6 Å². The molecule has 21 heavy (non-hydrogen) atoms. The second kappa shape index (κ2) is 5.79. The maximum Gasteiger partial charge on any atom is 0.134 e. The van der Waals surface area contributed by atoms with Gasteiger partial charge in [0.2, 0.25) is 0 Å². The van der Waals surface area contributed by atoms with Crippen molar-refractivity contribution in [3.8, 4) is 0 Å². The average molecular weight is 369 g/mol. The van der Waals surface area contributed by atoms with E-state index in [0.717, 1.165) is 11.0 Å². The van der Waals surface area contributed by atoms with Crippen LogP contribution in [0.15, 0.2) is 51.4 Å². The first-order chi connectivity index (χ1) is 10.1. The molecular weight excluding hydrogens is 357 g/mol. The van der Waals surface area contributed by atoms with Gasteiger partial charge in [0, 0.05) is 20.4 Å². The van der Waals surface area contributed by atoms with Gasteiger partial charge in [0.25, 0.3) is 0 Å². The van der Waals surface area contributed by atoms with E-state index in [1.54, 1.807) is 19.2 Å². The Hall–Kier alpha value is -1.36. The Morgan fingerprint density at radius 3 is 2.76 bits per heavy atom. The summed E-state index contributed by atoms with van der Waals surface area (Å²) >= 11 is 9.38. The molecule has 2 nitrogen and oxygen atoms in total. The first kappa shape index (κ1) is 14.6. The van der Waals surface area contributed by atoms with Gasteiger partial charge in [-0.15, -0.1) is 0 Å². The van der Waals surface area contributed by atoms with Gasteiger partial charge >= 0.3 is 0 Å². The average Bonchev–Trinajstić information content (AvgIpc) is 2.85. The third-order valence-corrected chi connectivity index (χ3v) is 4.29.